The molecule has 0 aliphatic carbocycles. The normalized spacial score (nSPS) is 11.9. The summed E-state index contributed by atoms with van der Waals surface area (Å²) < 4.78 is 1.73. The number of carbonyl (C=O) groups is 2. The number of nitrogens with zero attached hydrogens (tertiary/aromatic N) is 2. The number of aromatic nitrogens is 2. The first-order chi connectivity index (χ1) is 10.8. The van der Waals surface area contributed by atoms with E-state index in [4.69, 9.17) is 11.6 Å². The number of hydrazine groups is 1. The van der Waals surface area contributed by atoms with Gasteiger partial charge in [-0.2, -0.15) is 5.10 Å². The minimum Gasteiger partial charge on any atom is -0.273 e. The van der Waals surface area contributed by atoms with E-state index in [9.17, 15) is 9.59 Å². The minimum absolute atomic E-state index is 0.302. The first kappa shape index (κ1) is 17.0. The molecule has 2 aromatic rings. The molecule has 2 rings (SSSR count). The van der Waals surface area contributed by atoms with Gasteiger partial charge < -0.3 is 0 Å². The fourth-order valence-electron chi connectivity index (χ4n) is 2.49. The maximum Gasteiger partial charge on any atom is 0.271 e. The van der Waals surface area contributed by atoms with Crippen molar-refractivity contribution in [2.45, 2.75) is 26.7 Å². The van der Waals surface area contributed by atoms with Gasteiger partial charge in [0.25, 0.3) is 5.91 Å². The highest BCUT2D eigenvalue weighted by atomic mass is 35.5. The fourth-order valence-corrected chi connectivity index (χ4v) is 2.71. The van der Waals surface area contributed by atoms with Gasteiger partial charge in [0, 0.05) is 18.3 Å². The summed E-state index contributed by atoms with van der Waals surface area (Å²) in [4.78, 5) is 24.3. The second-order valence-electron chi connectivity index (χ2n) is 5.35. The summed E-state index contributed by atoms with van der Waals surface area (Å²) >= 11 is 5.95. The van der Waals surface area contributed by atoms with Gasteiger partial charge in [0.1, 0.15) is 0 Å². The van der Waals surface area contributed by atoms with Gasteiger partial charge in [-0.15, -0.1) is 0 Å². The fraction of sp³-hybridized carbons (Fsp3) is 0.312. The number of amides is 2. The first-order valence-corrected chi connectivity index (χ1v) is 7.55. The summed E-state index contributed by atoms with van der Waals surface area (Å²) in [6, 6.07) is 6.63. The largest absolute Gasteiger partial charge is 0.273 e. The molecule has 0 unspecified atom stereocenters. The molecule has 0 saturated heterocycles. The molecule has 0 aliphatic rings. The molecule has 0 radical (unpaired) electrons. The van der Waals surface area contributed by atoms with E-state index in [0.717, 1.165) is 17.0 Å². The van der Waals surface area contributed by atoms with Gasteiger partial charge in [-0.1, -0.05) is 23.7 Å². The van der Waals surface area contributed by atoms with Gasteiger partial charge in [-0.25, -0.2) is 0 Å². The number of benzene rings is 1. The summed E-state index contributed by atoms with van der Waals surface area (Å²) in [6.45, 7) is 5.53. The molecule has 7 heteroatoms. The van der Waals surface area contributed by atoms with E-state index in [1.165, 1.54) is 0 Å². The van der Waals surface area contributed by atoms with E-state index in [1.807, 2.05) is 20.9 Å². The number of aryl methyl sites for hydroxylation is 2. The zero-order valence-electron chi connectivity index (χ0n) is 13.5. The van der Waals surface area contributed by atoms with Gasteiger partial charge in [0.2, 0.25) is 5.91 Å². The van der Waals surface area contributed by atoms with Gasteiger partial charge in [0.05, 0.1) is 22.2 Å². The van der Waals surface area contributed by atoms with E-state index >= 15 is 0 Å². The number of rotatable bonds is 3. The Hall–Kier alpha value is -2.34. The zero-order chi connectivity index (χ0) is 17.1. The van der Waals surface area contributed by atoms with E-state index in [2.05, 4.69) is 16.0 Å². The Morgan fingerprint density at radius 2 is 1.87 bits per heavy atom. The van der Waals surface area contributed by atoms with Crippen LogP contribution in [0.1, 0.15) is 40.2 Å². The number of hydrogen-bond donors (Lipinski definition) is 2. The Balaban J connectivity index is 2.05. The molecule has 122 valence electrons. The van der Waals surface area contributed by atoms with Crippen molar-refractivity contribution in [3.8, 4) is 0 Å². The van der Waals surface area contributed by atoms with Crippen LogP contribution < -0.4 is 10.9 Å². The van der Waals surface area contributed by atoms with Crippen LogP contribution in [0.5, 0.6) is 0 Å². The third-order valence-electron chi connectivity index (χ3n) is 3.81. The average Bonchev–Trinajstić information content (AvgIpc) is 2.77. The predicted octanol–water partition coefficient (Wildman–Crippen LogP) is 2.26. The van der Waals surface area contributed by atoms with E-state index in [0.29, 0.717) is 10.6 Å². The summed E-state index contributed by atoms with van der Waals surface area (Å²) in [5.74, 6) is -1.21. The highest BCUT2D eigenvalue weighted by Crippen LogP contribution is 2.22. The van der Waals surface area contributed by atoms with Crippen LogP contribution in [-0.2, 0) is 11.8 Å². The van der Waals surface area contributed by atoms with E-state index in [1.54, 1.807) is 35.9 Å². The van der Waals surface area contributed by atoms with Crippen molar-refractivity contribution in [2.24, 2.45) is 7.05 Å². The molecule has 6 nitrogen and oxygen atoms in total. The Bertz CT molecular complexity index is 755. The Labute approximate surface area is 139 Å². The molecule has 1 heterocycles. The zero-order valence-corrected chi connectivity index (χ0v) is 14.2. The quantitative estimate of drug-likeness (QED) is 0.845. The lowest BCUT2D eigenvalue weighted by molar-refractivity contribution is -0.123. The van der Waals surface area contributed by atoms with Gasteiger partial charge in [-0.05, 0) is 32.9 Å². The monoisotopic (exact) mass is 334 g/mol. The molecule has 1 aromatic carbocycles. The van der Waals surface area contributed by atoms with Gasteiger partial charge in [-0.3, -0.25) is 25.1 Å². The summed E-state index contributed by atoms with van der Waals surface area (Å²) in [5, 5.41) is 4.63. The molecule has 1 aromatic heterocycles. The smallest absolute Gasteiger partial charge is 0.271 e. The lowest BCUT2D eigenvalue weighted by Gasteiger charge is -2.14. The van der Waals surface area contributed by atoms with Crippen LogP contribution in [0.3, 0.4) is 0 Å². The van der Waals surface area contributed by atoms with Crippen LogP contribution in [0.2, 0.25) is 5.02 Å². The van der Waals surface area contributed by atoms with Crippen LogP contribution >= 0.6 is 11.6 Å². The predicted molar refractivity (Wildman–Crippen MR) is 88.2 cm³/mol. The highest BCUT2D eigenvalue weighted by molar-refractivity contribution is 6.33. The summed E-state index contributed by atoms with van der Waals surface area (Å²) in [5.41, 5.74) is 7.70. The van der Waals surface area contributed by atoms with E-state index in [-0.39, 0.29) is 5.91 Å². The van der Waals surface area contributed by atoms with Crippen molar-refractivity contribution in [1.82, 2.24) is 20.6 Å². The van der Waals surface area contributed by atoms with Crippen LogP contribution in [0.25, 0.3) is 0 Å². The van der Waals surface area contributed by atoms with Crippen LogP contribution in [0.15, 0.2) is 24.3 Å². The molecular formula is C16H19ClN4O2. The van der Waals surface area contributed by atoms with Crippen molar-refractivity contribution in [2.75, 3.05) is 0 Å². The minimum atomic E-state index is -0.462. The molecule has 23 heavy (non-hydrogen) atoms. The SMILES string of the molecule is Cc1nn(C)c(C)c1[C@H](C)C(=O)NNC(=O)c1ccccc1Cl. The van der Waals surface area contributed by atoms with E-state index < -0.39 is 11.8 Å². The molecule has 0 spiro atoms. The Morgan fingerprint density at radius 1 is 1.22 bits per heavy atom. The molecular weight excluding hydrogens is 316 g/mol. The molecule has 0 fully saturated rings. The lowest BCUT2D eigenvalue weighted by atomic mass is 9.98. The molecule has 2 N–H and O–H groups in total. The maximum absolute atomic E-state index is 12.3. The molecule has 0 bridgehead atoms. The third-order valence-corrected chi connectivity index (χ3v) is 4.14. The topological polar surface area (TPSA) is 76.0 Å². The molecule has 2 amide bonds. The van der Waals surface area contributed by atoms with Crippen LogP contribution in [-0.4, -0.2) is 21.6 Å². The third kappa shape index (κ3) is 3.53. The maximum atomic E-state index is 12.3. The van der Waals surface area contributed by atoms with Crippen molar-refractivity contribution in [1.29, 1.82) is 0 Å². The number of nitrogens with one attached hydrogen (secondary N) is 2. The Morgan fingerprint density at radius 3 is 2.43 bits per heavy atom. The average molecular weight is 335 g/mol. The second kappa shape index (κ2) is 6.83. The number of halogens is 1. The molecule has 1 atom stereocenters. The van der Waals surface area contributed by atoms with Gasteiger partial charge >= 0.3 is 0 Å². The van der Waals surface area contributed by atoms with Crippen molar-refractivity contribution in [3.05, 3.63) is 51.8 Å². The van der Waals surface area contributed by atoms with Crippen LogP contribution in [0, 0.1) is 13.8 Å². The lowest BCUT2D eigenvalue weighted by Crippen LogP contribution is -2.43. The molecule has 0 aliphatic heterocycles. The highest BCUT2D eigenvalue weighted by Gasteiger charge is 2.23. The van der Waals surface area contributed by atoms with Crippen molar-refractivity contribution < 1.29 is 9.59 Å². The Kier molecular flexibility index (Phi) is 5.05. The van der Waals surface area contributed by atoms with Crippen molar-refractivity contribution >= 4 is 23.4 Å². The van der Waals surface area contributed by atoms with Crippen LogP contribution in [0.4, 0.5) is 0 Å². The number of hydrogen-bond acceptors (Lipinski definition) is 3. The standard InChI is InChI=1S/C16H19ClN4O2/c1-9(14-10(2)20-21(4)11(14)3)15(22)18-19-16(23)12-7-5-6-8-13(12)17/h5-9H,1-4H3,(H,18,22)(H,19,23)/t9-/m0/s1. The second-order valence-corrected chi connectivity index (χ2v) is 5.76. The van der Waals surface area contributed by atoms with Crippen molar-refractivity contribution in [3.63, 3.8) is 0 Å². The molecule has 0 saturated carbocycles. The number of carbonyl (C=O) groups excluding carboxylic acids is 2. The van der Waals surface area contributed by atoms with Gasteiger partial charge in [0.15, 0.2) is 0 Å². The first-order valence-electron chi connectivity index (χ1n) is 7.17. The summed E-state index contributed by atoms with van der Waals surface area (Å²) in [6.07, 6.45) is 0. The summed E-state index contributed by atoms with van der Waals surface area (Å²) in [7, 11) is 1.83.